The number of alkyl halides is 3. The highest BCUT2D eigenvalue weighted by Gasteiger charge is 2.32. The summed E-state index contributed by atoms with van der Waals surface area (Å²) in [4.78, 5) is 15.8. The third-order valence-corrected chi connectivity index (χ3v) is 7.90. The van der Waals surface area contributed by atoms with E-state index in [1.807, 2.05) is 6.92 Å². The van der Waals surface area contributed by atoms with Gasteiger partial charge in [-0.05, 0) is 62.2 Å². The van der Waals surface area contributed by atoms with E-state index in [4.69, 9.17) is 0 Å². The van der Waals surface area contributed by atoms with Crippen LogP contribution >= 0.6 is 11.3 Å². The molecule has 11 heteroatoms. The number of halogens is 3. The summed E-state index contributed by atoms with van der Waals surface area (Å²) >= 11 is 1.35. The van der Waals surface area contributed by atoms with E-state index >= 15 is 0 Å². The van der Waals surface area contributed by atoms with Crippen molar-refractivity contribution in [1.82, 2.24) is 8.96 Å². The SMILES string of the molecule is COC(=O)CCCc1cc2cc(C(F)(F)F)ccc2n1S(=O)(=O)c1ccc2nc(C)sc2c1. The van der Waals surface area contributed by atoms with Gasteiger partial charge in [0.2, 0.25) is 0 Å². The Balaban J connectivity index is 1.86. The number of thiazole rings is 1. The number of esters is 1. The monoisotopic (exact) mass is 496 g/mol. The van der Waals surface area contributed by atoms with Gasteiger partial charge in [-0.3, -0.25) is 4.79 Å². The van der Waals surface area contributed by atoms with Gasteiger partial charge in [-0.1, -0.05) is 0 Å². The number of methoxy groups -OCH3 is 1. The van der Waals surface area contributed by atoms with Gasteiger partial charge in [0, 0.05) is 17.5 Å². The van der Waals surface area contributed by atoms with Crippen LogP contribution in [0.15, 0.2) is 47.4 Å². The van der Waals surface area contributed by atoms with Crippen molar-refractivity contribution in [2.45, 2.75) is 37.3 Å². The maximum absolute atomic E-state index is 13.6. The summed E-state index contributed by atoms with van der Waals surface area (Å²) in [6.45, 7) is 1.82. The van der Waals surface area contributed by atoms with E-state index in [1.165, 1.54) is 36.6 Å². The molecule has 4 rings (SSSR count). The standard InChI is InChI=1S/C22H19F3N2O4S2/c1-13-26-18-8-7-17(12-20(18)32-13)33(29,30)27-16(4-3-5-21(28)31-2)11-14-10-15(22(23,24)25)6-9-19(14)27/h6-12H,3-5H2,1-2H3. The molecule has 0 fully saturated rings. The normalized spacial score (nSPS) is 12.5. The van der Waals surface area contributed by atoms with Gasteiger partial charge in [-0.15, -0.1) is 11.3 Å². The second-order valence-electron chi connectivity index (χ2n) is 7.47. The molecule has 0 spiro atoms. The van der Waals surface area contributed by atoms with Crippen LogP contribution in [0.25, 0.3) is 21.1 Å². The number of aryl methyl sites for hydroxylation is 2. The number of ether oxygens (including phenoxy) is 1. The van der Waals surface area contributed by atoms with Gasteiger partial charge in [0.05, 0.1) is 38.3 Å². The van der Waals surface area contributed by atoms with Gasteiger partial charge in [-0.2, -0.15) is 13.2 Å². The molecule has 0 aliphatic rings. The highest BCUT2D eigenvalue weighted by molar-refractivity contribution is 7.90. The molecule has 2 heterocycles. The summed E-state index contributed by atoms with van der Waals surface area (Å²) in [5.41, 5.74) is 0.222. The molecule has 33 heavy (non-hydrogen) atoms. The molecule has 2 aromatic heterocycles. The highest BCUT2D eigenvalue weighted by atomic mass is 32.2. The Hall–Kier alpha value is -2.92. The fourth-order valence-corrected chi connectivity index (χ4v) is 6.22. The van der Waals surface area contributed by atoms with Crippen molar-refractivity contribution in [3.8, 4) is 0 Å². The number of hydrogen-bond donors (Lipinski definition) is 0. The predicted molar refractivity (Wildman–Crippen MR) is 119 cm³/mol. The largest absolute Gasteiger partial charge is 0.469 e. The molecular formula is C22H19F3N2O4S2. The lowest BCUT2D eigenvalue weighted by molar-refractivity contribution is -0.140. The maximum Gasteiger partial charge on any atom is 0.416 e. The fraction of sp³-hybridized carbons (Fsp3) is 0.273. The first-order valence-electron chi connectivity index (χ1n) is 9.92. The Morgan fingerprint density at radius 1 is 1.15 bits per heavy atom. The van der Waals surface area contributed by atoms with Crippen molar-refractivity contribution in [3.05, 3.63) is 58.7 Å². The molecule has 0 aliphatic carbocycles. The molecule has 0 saturated heterocycles. The zero-order valence-corrected chi connectivity index (χ0v) is 19.3. The molecule has 6 nitrogen and oxygen atoms in total. The van der Waals surface area contributed by atoms with Crippen molar-refractivity contribution in [2.75, 3.05) is 7.11 Å². The van der Waals surface area contributed by atoms with E-state index in [9.17, 15) is 26.4 Å². The van der Waals surface area contributed by atoms with Crippen LogP contribution in [0, 0.1) is 6.92 Å². The van der Waals surface area contributed by atoms with Crippen LogP contribution in [-0.4, -0.2) is 30.5 Å². The van der Waals surface area contributed by atoms with E-state index in [-0.39, 0.29) is 40.8 Å². The van der Waals surface area contributed by atoms with Crippen LogP contribution in [0.2, 0.25) is 0 Å². The molecule has 0 atom stereocenters. The third-order valence-electron chi connectivity index (χ3n) is 5.20. The molecular weight excluding hydrogens is 477 g/mol. The minimum absolute atomic E-state index is 0.00488. The number of fused-ring (bicyclic) bond motifs is 2. The Labute approximate surface area is 191 Å². The molecule has 0 radical (unpaired) electrons. The van der Waals surface area contributed by atoms with Crippen molar-refractivity contribution in [1.29, 1.82) is 0 Å². The number of rotatable bonds is 6. The van der Waals surface area contributed by atoms with Crippen LogP contribution in [0.5, 0.6) is 0 Å². The van der Waals surface area contributed by atoms with E-state index in [1.54, 1.807) is 6.07 Å². The molecule has 0 amide bonds. The van der Waals surface area contributed by atoms with E-state index < -0.39 is 27.7 Å². The Morgan fingerprint density at radius 2 is 1.91 bits per heavy atom. The average Bonchev–Trinajstić information content (AvgIpc) is 3.30. The quantitative estimate of drug-likeness (QED) is 0.338. The Bertz CT molecular complexity index is 1470. The van der Waals surface area contributed by atoms with Crippen LogP contribution in [0.1, 0.15) is 29.1 Å². The molecule has 0 aliphatic heterocycles. The first kappa shape index (κ1) is 23.2. The van der Waals surface area contributed by atoms with Crippen LogP contribution in [0.3, 0.4) is 0 Å². The minimum atomic E-state index is -4.56. The van der Waals surface area contributed by atoms with E-state index in [0.717, 1.165) is 27.2 Å². The van der Waals surface area contributed by atoms with Gasteiger partial charge in [-0.25, -0.2) is 17.4 Å². The summed E-state index contributed by atoms with van der Waals surface area (Å²) in [5.74, 6) is -0.453. The number of aromatic nitrogens is 2. The molecule has 0 unspecified atom stereocenters. The van der Waals surface area contributed by atoms with Crippen LogP contribution in [0.4, 0.5) is 13.2 Å². The van der Waals surface area contributed by atoms with Crippen molar-refractivity contribution < 1.29 is 31.1 Å². The van der Waals surface area contributed by atoms with E-state index in [2.05, 4.69) is 9.72 Å². The molecule has 2 aromatic carbocycles. The number of carbonyl (C=O) groups excluding carboxylic acids is 1. The van der Waals surface area contributed by atoms with Gasteiger partial charge in [0.25, 0.3) is 10.0 Å². The molecule has 0 N–H and O–H groups in total. The average molecular weight is 497 g/mol. The number of benzene rings is 2. The summed E-state index contributed by atoms with van der Waals surface area (Å²) in [7, 11) is -2.89. The zero-order chi connectivity index (χ0) is 24.0. The highest BCUT2D eigenvalue weighted by Crippen LogP contribution is 2.35. The number of nitrogens with zero attached hydrogens (tertiary/aromatic N) is 2. The first-order valence-corrected chi connectivity index (χ1v) is 12.2. The van der Waals surface area contributed by atoms with Crippen molar-refractivity contribution in [3.63, 3.8) is 0 Å². The smallest absolute Gasteiger partial charge is 0.416 e. The van der Waals surface area contributed by atoms with Crippen LogP contribution < -0.4 is 0 Å². The Kier molecular flexibility index (Phi) is 5.95. The van der Waals surface area contributed by atoms with Crippen molar-refractivity contribution >= 4 is 48.4 Å². The first-order chi connectivity index (χ1) is 15.5. The molecule has 4 aromatic rings. The zero-order valence-electron chi connectivity index (χ0n) is 17.6. The minimum Gasteiger partial charge on any atom is -0.469 e. The number of carbonyl (C=O) groups is 1. The fourth-order valence-electron chi connectivity index (χ4n) is 3.68. The van der Waals surface area contributed by atoms with Gasteiger partial charge in [0.1, 0.15) is 0 Å². The van der Waals surface area contributed by atoms with Gasteiger partial charge >= 0.3 is 12.1 Å². The molecule has 174 valence electrons. The second-order valence-corrected chi connectivity index (χ2v) is 10.5. The summed E-state index contributed by atoms with van der Waals surface area (Å²) in [6, 6.07) is 8.94. The molecule has 0 bridgehead atoms. The summed E-state index contributed by atoms with van der Waals surface area (Å²) < 4.78 is 73.3. The lowest BCUT2D eigenvalue weighted by atomic mass is 10.1. The van der Waals surface area contributed by atoms with E-state index in [0.29, 0.717) is 10.2 Å². The summed E-state index contributed by atoms with van der Waals surface area (Å²) in [6.07, 6.45) is -4.07. The van der Waals surface area contributed by atoms with Gasteiger partial charge in [0.15, 0.2) is 0 Å². The lowest BCUT2D eigenvalue weighted by Crippen LogP contribution is -2.16. The van der Waals surface area contributed by atoms with Crippen molar-refractivity contribution in [2.24, 2.45) is 0 Å². The van der Waals surface area contributed by atoms with Gasteiger partial charge < -0.3 is 4.74 Å². The summed E-state index contributed by atoms with van der Waals surface area (Å²) in [5, 5.41) is 0.935. The second kappa shape index (κ2) is 8.45. The Morgan fingerprint density at radius 3 is 2.61 bits per heavy atom. The lowest BCUT2D eigenvalue weighted by Gasteiger charge is -2.13. The third kappa shape index (κ3) is 4.47. The maximum atomic E-state index is 13.6. The number of hydrogen-bond acceptors (Lipinski definition) is 6. The molecule has 0 saturated carbocycles. The topological polar surface area (TPSA) is 78.3 Å². The predicted octanol–water partition coefficient (Wildman–Crippen LogP) is 5.31. The van der Waals surface area contributed by atoms with Crippen LogP contribution in [-0.2, 0) is 32.2 Å².